The fourth-order valence-electron chi connectivity index (χ4n) is 2.29. The average molecular weight is 309 g/mol. The van der Waals surface area contributed by atoms with Crippen LogP contribution in [-0.4, -0.2) is 15.1 Å². The van der Waals surface area contributed by atoms with Crippen molar-refractivity contribution in [2.45, 2.75) is 45.6 Å². The molecule has 1 heterocycles. The Balaban J connectivity index is 0.00000242. The zero-order valence-electron chi connectivity index (χ0n) is 14.7. The molecule has 0 aliphatic rings. The van der Waals surface area contributed by atoms with Crippen LogP contribution in [0.1, 0.15) is 51.3 Å². The second kappa shape index (κ2) is 9.82. The normalized spacial score (nSPS) is 11.5. The summed E-state index contributed by atoms with van der Waals surface area (Å²) < 4.78 is 0. The second-order valence-electron chi connectivity index (χ2n) is 5.27. The van der Waals surface area contributed by atoms with Gasteiger partial charge in [0.05, 0.1) is 17.9 Å². The molecule has 4 nitrogen and oxygen atoms in total. The fourth-order valence-corrected chi connectivity index (χ4v) is 2.29. The SMILES string of the molecule is CCCCCC(Nc1ncc(O)c(C)n1)c1ccccc1.[H-].[Na+]. The fraction of sp³-hybridized carbons (Fsp3) is 0.412. The van der Waals surface area contributed by atoms with Crippen LogP contribution in [0.2, 0.25) is 0 Å². The third-order valence-corrected chi connectivity index (χ3v) is 3.56. The van der Waals surface area contributed by atoms with E-state index in [2.05, 4.69) is 34.3 Å². The number of nitrogens with zero attached hydrogens (tertiary/aromatic N) is 2. The molecule has 0 spiro atoms. The Morgan fingerprint density at radius 3 is 2.59 bits per heavy atom. The molecule has 0 bridgehead atoms. The van der Waals surface area contributed by atoms with Crippen LogP contribution < -0.4 is 34.9 Å². The number of aryl methyl sites for hydroxylation is 1. The molecule has 114 valence electrons. The Morgan fingerprint density at radius 2 is 1.95 bits per heavy atom. The molecule has 0 radical (unpaired) electrons. The van der Waals surface area contributed by atoms with Crippen molar-refractivity contribution in [3.05, 3.63) is 47.8 Å². The molecule has 0 fully saturated rings. The summed E-state index contributed by atoms with van der Waals surface area (Å²) in [6.07, 6.45) is 6.08. The van der Waals surface area contributed by atoms with Crippen LogP contribution in [0.4, 0.5) is 5.95 Å². The molecule has 0 saturated carbocycles. The Labute approximate surface area is 156 Å². The Bertz CT molecular complexity index is 569. The van der Waals surface area contributed by atoms with Crippen molar-refractivity contribution in [3.8, 4) is 5.75 Å². The van der Waals surface area contributed by atoms with E-state index in [-0.39, 0.29) is 42.8 Å². The summed E-state index contributed by atoms with van der Waals surface area (Å²) in [7, 11) is 0. The van der Waals surface area contributed by atoms with Crippen LogP contribution in [0.15, 0.2) is 36.5 Å². The minimum absolute atomic E-state index is 0. The molecule has 1 unspecified atom stereocenters. The Kier molecular flexibility index (Phi) is 8.46. The maximum Gasteiger partial charge on any atom is 1.00 e. The van der Waals surface area contributed by atoms with Crippen molar-refractivity contribution < 1.29 is 36.1 Å². The summed E-state index contributed by atoms with van der Waals surface area (Å²) in [5.41, 5.74) is 1.83. The largest absolute Gasteiger partial charge is 1.00 e. The van der Waals surface area contributed by atoms with Crippen LogP contribution in [0.25, 0.3) is 0 Å². The predicted molar refractivity (Wildman–Crippen MR) is 86.5 cm³/mol. The van der Waals surface area contributed by atoms with Gasteiger partial charge in [0.1, 0.15) is 0 Å². The minimum atomic E-state index is 0. The average Bonchev–Trinajstić information content (AvgIpc) is 2.51. The molecule has 5 heteroatoms. The van der Waals surface area contributed by atoms with Gasteiger partial charge < -0.3 is 11.8 Å². The van der Waals surface area contributed by atoms with E-state index < -0.39 is 0 Å². The molecular formula is C17H24N3NaO. The maximum atomic E-state index is 9.52. The van der Waals surface area contributed by atoms with Crippen molar-refractivity contribution in [2.75, 3.05) is 5.32 Å². The number of benzene rings is 1. The molecule has 2 N–H and O–H groups in total. The zero-order valence-corrected chi connectivity index (χ0v) is 15.7. The molecule has 1 aromatic carbocycles. The smallest absolute Gasteiger partial charge is 1.00 e. The third-order valence-electron chi connectivity index (χ3n) is 3.56. The standard InChI is InChI=1S/C17H23N3O.Na.H/c1-3-4-6-11-15(14-9-7-5-8-10-14)20-17-18-12-16(21)13(2)19-17;;/h5,7-10,12,15,21H,3-4,6,11H2,1-2H3,(H,18,19,20);;/q;+1;-1. The monoisotopic (exact) mass is 309 g/mol. The van der Waals surface area contributed by atoms with E-state index in [0.29, 0.717) is 11.6 Å². The van der Waals surface area contributed by atoms with Gasteiger partial charge in [-0.05, 0) is 18.9 Å². The molecule has 2 rings (SSSR count). The number of hydrogen-bond acceptors (Lipinski definition) is 4. The molecule has 0 aliphatic heterocycles. The first-order valence-corrected chi connectivity index (χ1v) is 7.54. The summed E-state index contributed by atoms with van der Waals surface area (Å²) in [6, 6.07) is 10.6. The number of hydrogen-bond donors (Lipinski definition) is 2. The number of aromatic nitrogens is 2. The van der Waals surface area contributed by atoms with Crippen molar-refractivity contribution in [2.24, 2.45) is 0 Å². The van der Waals surface area contributed by atoms with Crippen LogP contribution >= 0.6 is 0 Å². The Hall–Kier alpha value is -1.10. The number of rotatable bonds is 7. The predicted octanol–water partition coefficient (Wildman–Crippen LogP) is 1.34. The van der Waals surface area contributed by atoms with Gasteiger partial charge in [-0.1, -0.05) is 56.5 Å². The number of aromatic hydroxyl groups is 1. The molecule has 1 aromatic heterocycles. The quantitative estimate of drug-likeness (QED) is 0.599. The number of nitrogens with one attached hydrogen (secondary N) is 1. The van der Waals surface area contributed by atoms with Crippen molar-refractivity contribution in [3.63, 3.8) is 0 Å². The molecule has 22 heavy (non-hydrogen) atoms. The van der Waals surface area contributed by atoms with Crippen molar-refractivity contribution in [1.82, 2.24) is 9.97 Å². The van der Waals surface area contributed by atoms with Gasteiger partial charge in [-0.2, -0.15) is 0 Å². The summed E-state index contributed by atoms with van der Waals surface area (Å²) in [5, 5.41) is 12.9. The van der Waals surface area contributed by atoms with Crippen molar-refractivity contribution >= 4 is 5.95 Å². The molecule has 0 saturated heterocycles. The van der Waals surface area contributed by atoms with Crippen LogP contribution in [0.5, 0.6) is 5.75 Å². The first-order chi connectivity index (χ1) is 10.2. The van der Waals surface area contributed by atoms with Gasteiger partial charge in [-0.15, -0.1) is 0 Å². The van der Waals surface area contributed by atoms with Gasteiger partial charge in [-0.25, -0.2) is 9.97 Å². The van der Waals surface area contributed by atoms with Gasteiger partial charge in [0.15, 0.2) is 5.75 Å². The summed E-state index contributed by atoms with van der Waals surface area (Å²) >= 11 is 0. The van der Waals surface area contributed by atoms with Gasteiger partial charge in [0, 0.05) is 0 Å². The van der Waals surface area contributed by atoms with E-state index in [1.54, 1.807) is 6.92 Å². The molecule has 2 aromatic rings. The van der Waals surface area contributed by atoms with Crippen LogP contribution in [-0.2, 0) is 0 Å². The summed E-state index contributed by atoms with van der Waals surface area (Å²) in [5.74, 6) is 0.693. The van der Waals surface area contributed by atoms with E-state index >= 15 is 0 Å². The van der Waals surface area contributed by atoms with Gasteiger partial charge in [-0.3, -0.25) is 0 Å². The van der Waals surface area contributed by atoms with Crippen molar-refractivity contribution in [1.29, 1.82) is 0 Å². The topological polar surface area (TPSA) is 58.0 Å². The van der Waals surface area contributed by atoms with E-state index in [4.69, 9.17) is 0 Å². The van der Waals surface area contributed by atoms with Gasteiger partial charge in [0.25, 0.3) is 0 Å². The second-order valence-corrected chi connectivity index (χ2v) is 5.27. The first kappa shape index (κ1) is 18.9. The molecule has 0 aliphatic carbocycles. The third kappa shape index (κ3) is 5.59. The maximum absolute atomic E-state index is 9.52. The number of unbranched alkanes of at least 4 members (excludes halogenated alkanes) is 2. The molecule has 0 amide bonds. The van der Waals surface area contributed by atoms with Crippen LogP contribution in [0.3, 0.4) is 0 Å². The van der Waals surface area contributed by atoms with E-state index in [1.807, 2.05) is 18.2 Å². The Morgan fingerprint density at radius 1 is 1.23 bits per heavy atom. The number of anilines is 1. The first-order valence-electron chi connectivity index (χ1n) is 7.54. The summed E-state index contributed by atoms with van der Waals surface area (Å²) in [6.45, 7) is 3.98. The minimum Gasteiger partial charge on any atom is -1.00 e. The molecule has 1 atom stereocenters. The molecular weight excluding hydrogens is 285 g/mol. The van der Waals surface area contributed by atoms with Crippen LogP contribution in [0, 0.1) is 6.92 Å². The van der Waals surface area contributed by atoms with Gasteiger partial charge in [0.2, 0.25) is 5.95 Å². The summed E-state index contributed by atoms with van der Waals surface area (Å²) in [4.78, 5) is 8.45. The zero-order chi connectivity index (χ0) is 15.1. The van der Waals surface area contributed by atoms with Gasteiger partial charge >= 0.3 is 29.6 Å². The van der Waals surface area contributed by atoms with E-state index in [0.717, 1.165) is 6.42 Å². The van der Waals surface area contributed by atoms with E-state index in [1.165, 1.54) is 31.0 Å². The van der Waals surface area contributed by atoms with E-state index in [9.17, 15) is 5.11 Å².